The molecule has 0 aliphatic heterocycles. The normalized spacial score (nSPS) is 12.9. The maximum absolute atomic E-state index is 12.8. The van der Waals surface area contributed by atoms with Crippen molar-refractivity contribution in [2.75, 3.05) is 0 Å². The summed E-state index contributed by atoms with van der Waals surface area (Å²) in [4.78, 5) is 50.6. The summed E-state index contributed by atoms with van der Waals surface area (Å²) in [6.07, 6.45) is 0. The minimum atomic E-state index is -0.542. The molecule has 2 aromatic rings. The van der Waals surface area contributed by atoms with E-state index in [0.29, 0.717) is 33.8 Å². The lowest BCUT2D eigenvalue weighted by Crippen LogP contribution is -2.27. The van der Waals surface area contributed by atoms with Crippen LogP contribution in [0.15, 0.2) is 36.4 Å². The maximum atomic E-state index is 12.8. The van der Waals surface area contributed by atoms with E-state index >= 15 is 0 Å². The van der Waals surface area contributed by atoms with Gasteiger partial charge in [-0.1, -0.05) is 83.1 Å². The summed E-state index contributed by atoms with van der Waals surface area (Å²) in [5, 5.41) is 0. The summed E-state index contributed by atoms with van der Waals surface area (Å²) < 4.78 is 11.8. The Morgan fingerprint density at radius 1 is 0.413 bits per heavy atom. The van der Waals surface area contributed by atoms with E-state index in [1.807, 2.05) is 125 Å². The number of Topliss-reactive ketones (excluding diaryl/α,β-unsaturated/α-hetero) is 4. The SMILES string of the molecule is CC(C)(C)Oc1cc(C(=O)C(C)(C)C)cc(C(=O)C(C)(C)C)c1.CC(C)(C)Oc1ccc(C(=O)C(C)(C)C)cc1C(=O)C(C)(C)C. The van der Waals surface area contributed by atoms with Gasteiger partial charge in [0.05, 0.1) is 5.56 Å². The molecule has 0 saturated carbocycles. The standard InChI is InChI=1S/2C20H30O3/c1-18(2,3)16(21)13-10-14(17(22)19(4,5)6)12-15(11-13)23-20(7,8)9;1-18(2,3)16(21)13-10-11-15(23-20(7,8)9)14(12-13)17(22)19(4,5)6/h2*10-12H,1-9H3. The Hall–Kier alpha value is -3.28. The van der Waals surface area contributed by atoms with E-state index in [1.165, 1.54) is 0 Å². The first-order valence-corrected chi connectivity index (χ1v) is 16.1. The second kappa shape index (κ2) is 13.8. The molecule has 0 aliphatic carbocycles. The number of carbonyl (C=O) groups excluding carboxylic acids is 4. The molecule has 0 N–H and O–H groups in total. The van der Waals surface area contributed by atoms with Gasteiger partial charge in [0.15, 0.2) is 23.1 Å². The molecule has 0 heterocycles. The second-order valence-electron chi connectivity index (χ2n) is 18.2. The number of hydrogen-bond acceptors (Lipinski definition) is 6. The first-order chi connectivity index (χ1) is 20.2. The van der Waals surface area contributed by atoms with Crippen LogP contribution in [-0.4, -0.2) is 34.3 Å². The van der Waals surface area contributed by atoms with Crippen molar-refractivity contribution in [2.24, 2.45) is 21.7 Å². The highest BCUT2D eigenvalue weighted by molar-refractivity contribution is 6.07. The second-order valence-corrected chi connectivity index (χ2v) is 18.2. The summed E-state index contributed by atoms with van der Waals surface area (Å²) in [5.41, 5.74) is -0.806. The van der Waals surface area contributed by atoms with Gasteiger partial charge >= 0.3 is 0 Å². The average Bonchev–Trinajstić information content (AvgIpc) is 2.83. The average molecular weight is 637 g/mol. The molecule has 0 atom stereocenters. The molecule has 256 valence electrons. The van der Waals surface area contributed by atoms with Crippen LogP contribution in [0.25, 0.3) is 0 Å². The van der Waals surface area contributed by atoms with Crippen molar-refractivity contribution in [3.8, 4) is 11.5 Å². The monoisotopic (exact) mass is 636 g/mol. The molecule has 6 nitrogen and oxygen atoms in total. The Morgan fingerprint density at radius 2 is 0.761 bits per heavy atom. The maximum Gasteiger partial charge on any atom is 0.171 e. The zero-order chi connectivity index (χ0) is 36.4. The molecule has 0 unspecified atom stereocenters. The van der Waals surface area contributed by atoms with Crippen LogP contribution in [0.3, 0.4) is 0 Å². The van der Waals surface area contributed by atoms with Gasteiger partial charge in [0, 0.05) is 38.4 Å². The smallest absolute Gasteiger partial charge is 0.171 e. The Balaban J connectivity index is 0.000000460. The summed E-state index contributed by atoms with van der Waals surface area (Å²) >= 11 is 0. The minimum Gasteiger partial charge on any atom is -0.488 e. The van der Waals surface area contributed by atoms with Gasteiger partial charge in [-0.3, -0.25) is 19.2 Å². The minimum absolute atomic E-state index is 0.000168. The van der Waals surface area contributed by atoms with Crippen molar-refractivity contribution >= 4 is 23.1 Å². The van der Waals surface area contributed by atoms with Crippen LogP contribution in [-0.2, 0) is 0 Å². The third-order valence-corrected chi connectivity index (χ3v) is 6.48. The highest BCUT2D eigenvalue weighted by atomic mass is 16.5. The summed E-state index contributed by atoms with van der Waals surface area (Å²) in [6, 6.07) is 10.3. The lowest BCUT2D eigenvalue weighted by molar-refractivity contribution is 0.0832. The van der Waals surface area contributed by atoms with Crippen molar-refractivity contribution < 1.29 is 28.7 Å². The van der Waals surface area contributed by atoms with Gasteiger partial charge in [-0.15, -0.1) is 0 Å². The fourth-order valence-electron chi connectivity index (χ4n) is 4.24. The first kappa shape index (κ1) is 40.7. The van der Waals surface area contributed by atoms with Crippen molar-refractivity contribution in [2.45, 2.75) is 136 Å². The van der Waals surface area contributed by atoms with E-state index < -0.39 is 32.9 Å². The van der Waals surface area contributed by atoms with E-state index in [4.69, 9.17) is 9.47 Å². The van der Waals surface area contributed by atoms with Crippen LogP contribution in [0.2, 0.25) is 0 Å². The molecule has 0 amide bonds. The van der Waals surface area contributed by atoms with Crippen molar-refractivity contribution in [1.82, 2.24) is 0 Å². The predicted octanol–water partition coefficient (Wildman–Crippen LogP) is 10.6. The molecule has 0 fully saturated rings. The molecule has 0 bridgehead atoms. The number of hydrogen-bond donors (Lipinski definition) is 0. The molecule has 0 spiro atoms. The van der Waals surface area contributed by atoms with Crippen molar-refractivity contribution in [3.05, 3.63) is 58.7 Å². The van der Waals surface area contributed by atoms with Gasteiger partial charge in [-0.05, 0) is 77.9 Å². The number of benzene rings is 2. The van der Waals surface area contributed by atoms with Gasteiger partial charge in [0.2, 0.25) is 0 Å². The number of rotatable bonds is 6. The Bertz CT molecular complexity index is 1390. The first-order valence-electron chi connectivity index (χ1n) is 16.1. The molecule has 0 radical (unpaired) electrons. The topological polar surface area (TPSA) is 86.7 Å². The molecule has 0 aromatic heterocycles. The fraction of sp³-hybridized carbons (Fsp3) is 0.600. The van der Waals surface area contributed by atoms with E-state index in [1.54, 1.807) is 36.4 Å². The van der Waals surface area contributed by atoms with Crippen LogP contribution in [0.4, 0.5) is 0 Å². The number of ketones is 4. The van der Waals surface area contributed by atoms with E-state index in [2.05, 4.69) is 0 Å². The highest BCUT2D eigenvalue weighted by Gasteiger charge is 2.31. The lowest BCUT2D eigenvalue weighted by atomic mass is 9.82. The van der Waals surface area contributed by atoms with Crippen molar-refractivity contribution in [1.29, 1.82) is 0 Å². The Morgan fingerprint density at radius 3 is 1.09 bits per heavy atom. The molecule has 0 saturated heterocycles. The quantitative estimate of drug-likeness (QED) is 0.293. The van der Waals surface area contributed by atoms with E-state index in [0.717, 1.165) is 0 Å². The van der Waals surface area contributed by atoms with Crippen LogP contribution in [0.1, 0.15) is 166 Å². The summed E-state index contributed by atoms with van der Waals surface area (Å²) in [7, 11) is 0. The fourth-order valence-corrected chi connectivity index (χ4v) is 4.24. The molecular formula is C40H60O6. The molecular weight excluding hydrogens is 576 g/mol. The van der Waals surface area contributed by atoms with Crippen LogP contribution < -0.4 is 9.47 Å². The molecule has 46 heavy (non-hydrogen) atoms. The number of ether oxygens (including phenoxy) is 2. The zero-order valence-corrected chi connectivity index (χ0v) is 31.9. The molecule has 2 aromatic carbocycles. The van der Waals surface area contributed by atoms with Crippen LogP contribution in [0, 0.1) is 21.7 Å². The third-order valence-electron chi connectivity index (χ3n) is 6.48. The largest absolute Gasteiger partial charge is 0.488 e. The van der Waals surface area contributed by atoms with Gasteiger partial charge in [-0.2, -0.15) is 0 Å². The van der Waals surface area contributed by atoms with Gasteiger partial charge in [0.1, 0.15) is 22.7 Å². The Labute approximate surface area is 279 Å². The Kier molecular flexibility index (Phi) is 12.3. The van der Waals surface area contributed by atoms with E-state index in [9.17, 15) is 19.2 Å². The molecule has 6 heteroatoms. The van der Waals surface area contributed by atoms with Gasteiger partial charge in [0.25, 0.3) is 0 Å². The zero-order valence-electron chi connectivity index (χ0n) is 31.9. The number of carbonyl (C=O) groups is 4. The third kappa shape index (κ3) is 12.5. The van der Waals surface area contributed by atoms with Gasteiger partial charge < -0.3 is 9.47 Å². The summed E-state index contributed by atoms with van der Waals surface area (Å²) in [5.74, 6) is 1.07. The van der Waals surface area contributed by atoms with E-state index in [-0.39, 0.29) is 23.1 Å². The van der Waals surface area contributed by atoms with Crippen LogP contribution in [0.5, 0.6) is 11.5 Å². The summed E-state index contributed by atoms with van der Waals surface area (Å²) in [6.45, 7) is 34.1. The molecule has 0 aliphatic rings. The predicted molar refractivity (Wildman–Crippen MR) is 189 cm³/mol. The highest BCUT2D eigenvalue weighted by Crippen LogP contribution is 2.33. The van der Waals surface area contributed by atoms with Crippen molar-refractivity contribution in [3.63, 3.8) is 0 Å². The molecule has 2 rings (SSSR count). The van der Waals surface area contributed by atoms with Crippen LogP contribution >= 0.6 is 0 Å². The lowest BCUT2D eigenvalue weighted by Gasteiger charge is -2.26. The van der Waals surface area contributed by atoms with Gasteiger partial charge in [-0.25, -0.2) is 0 Å².